The van der Waals surface area contributed by atoms with Gasteiger partial charge >= 0.3 is 0 Å². The molecule has 2 heteroatoms. The summed E-state index contributed by atoms with van der Waals surface area (Å²) in [5.74, 6) is 0. The molecular weight excluding hydrogens is 302 g/mol. The Hall–Kier alpha value is -1.48. The predicted octanol–water partition coefficient (Wildman–Crippen LogP) is 3.56. The molecule has 0 fully saturated rings. The largest absolute Gasteiger partial charge is 0.0620 e. The molecule has 0 spiro atoms. The summed E-state index contributed by atoms with van der Waals surface area (Å²) >= 11 is 0. The molecule has 0 saturated carbocycles. The van der Waals surface area contributed by atoms with Gasteiger partial charge in [0.2, 0.25) is 0 Å². The molecule has 110 valence electrons. The van der Waals surface area contributed by atoms with Gasteiger partial charge in [0, 0.05) is 0 Å². The standard InChI is InChI=1S/C20H20P2/c1-15-9-3-5-11-17(15)21-19-13-7-8-14-20(19)22-18-12-6-4-10-16(18)2/h3-14,21-22H,1-2H3. The molecule has 0 aliphatic heterocycles. The Morgan fingerprint density at radius 2 is 0.773 bits per heavy atom. The molecule has 0 N–H and O–H groups in total. The molecule has 3 aromatic carbocycles. The Bertz CT molecular complexity index is 711. The summed E-state index contributed by atoms with van der Waals surface area (Å²) in [5, 5.41) is 5.84. The second-order valence-corrected chi connectivity index (χ2v) is 8.08. The first-order valence-electron chi connectivity index (χ1n) is 7.48. The third-order valence-corrected chi connectivity index (χ3v) is 7.08. The van der Waals surface area contributed by atoms with Gasteiger partial charge in [-0.05, 0) is 46.2 Å². The Balaban J connectivity index is 1.91. The quantitative estimate of drug-likeness (QED) is 0.644. The van der Waals surface area contributed by atoms with Crippen molar-refractivity contribution in [2.75, 3.05) is 0 Å². The summed E-state index contributed by atoms with van der Waals surface area (Å²) in [6, 6.07) is 26.3. The molecule has 0 aliphatic rings. The zero-order chi connectivity index (χ0) is 15.4. The lowest BCUT2D eigenvalue weighted by Gasteiger charge is -2.12. The van der Waals surface area contributed by atoms with Gasteiger partial charge in [-0.3, -0.25) is 0 Å². The van der Waals surface area contributed by atoms with Crippen molar-refractivity contribution >= 4 is 38.4 Å². The Labute approximate surface area is 136 Å². The smallest absolute Gasteiger partial charge is 0.0149 e. The summed E-state index contributed by atoms with van der Waals surface area (Å²) < 4.78 is 0. The van der Waals surface area contributed by atoms with E-state index in [9.17, 15) is 0 Å². The normalized spacial score (nSPS) is 11.7. The van der Waals surface area contributed by atoms with E-state index in [0.29, 0.717) is 0 Å². The highest BCUT2D eigenvalue weighted by molar-refractivity contribution is 7.62. The lowest BCUT2D eigenvalue weighted by Crippen LogP contribution is -2.21. The van der Waals surface area contributed by atoms with Crippen LogP contribution in [0.2, 0.25) is 0 Å². The van der Waals surface area contributed by atoms with E-state index in [0.717, 1.165) is 17.2 Å². The van der Waals surface area contributed by atoms with E-state index in [1.54, 1.807) is 0 Å². The highest BCUT2D eigenvalue weighted by Crippen LogP contribution is 2.18. The first kappa shape index (κ1) is 15.4. The third-order valence-electron chi connectivity index (χ3n) is 3.76. The molecule has 0 aromatic heterocycles. The molecule has 0 amide bonds. The second kappa shape index (κ2) is 7.19. The van der Waals surface area contributed by atoms with Crippen molar-refractivity contribution < 1.29 is 0 Å². The summed E-state index contributed by atoms with van der Waals surface area (Å²) in [4.78, 5) is 0. The minimum atomic E-state index is 0.730. The first-order chi connectivity index (χ1) is 10.7. The lowest BCUT2D eigenvalue weighted by atomic mass is 10.2. The van der Waals surface area contributed by atoms with E-state index in [4.69, 9.17) is 0 Å². The van der Waals surface area contributed by atoms with Gasteiger partial charge in [-0.1, -0.05) is 90.0 Å². The Morgan fingerprint density at radius 1 is 0.455 bits per heavy atom. The number of rotatable bonds is 4. The van der Waals surface area contributed by atoms with Crippen molar-refractivity contribution in [1.29, 1.82) is 0 Å². The molecule has 0 aliphatic carbocycles. The van der Waals surface area contributed by atoms with Crippen molar-refractivity contribution in [3.8, 4) is 0 Å². The van der Waals surface area contributed by atoms with E-state index < -0.39 is 0 Å². The van der Waals surface area contributed by atoms with Crippen LogP contribution in [-0.4, -0.2) is 0 Å². The Kier molecular flexibility index (Phi) is 5.04. The maximum Gasteiger partial charge on any atom is -0.0149 e. The van der Waals surface area contributed by atoms with Crippen molar-refractivity contribution in [2.24, 2.45) is 0 Å². The van der Waals surface area contributed by atoms with Crippen LogP contribution in [0.5, 0.6) is 0 Å². The summed E-state index contributed by atoms with van der Waals surface area (Å²) in [5.41, 5.74) is 2.77. The topological polar surface area (TPSA) is 0 Å². The molecule has 0 bridgehead atoms. The molecule has 3 rings (SSSR count). The molecule has 0 saturated heterocycles. The van der Waals surface area contributed by atoms with E-state index in [2.05, 4.69) is 86.6 Å². The van der Waals surface area contributed by atoms with Crippen molar-refractivity contribution in [3.63, 3.8) is 0 Å². The fourth-order valence-corrected chi connectivity index (χ4v) is 5.09. The number of aryl methyl sites for hydroxylation is 2. The van der Waals surface area contributed by atoms with Gasteiger partial charge in [-0.15, -0.1) is 0 Å². The van der Waals surface area contributed by atoms with Gasteiger partial charge in [0.15, 0.2) is 0 Å². The van der Waals surface area contributed by atoms with Crippen molar-refractivity contribution in [2.45, 2.75) is 13.8 Å². The van der Waals surface area contributed by atoms with Crippen LogP contribution in [0.3, 0.4) is 0 Å². The molecule has 0 nitrogen and oxygen atoms in total. The number of hydrogen-bond donors (Lipinski definition) is 0. The highest BCUT2D eigenvalue weighted by Gasteiger charge is 2.07. The fourth-order valence-electron chi connectivity index (χ4n) is 2.42. The minimum absolute atomic E-state index is 0.730. The van der Waals surface area contributed by atoms with Crippen LogP contribution in [0.25, 0.3) is 0 Å². The van der Waals surface area contributed by atoms with Crippen molar-refractivity contribution in [3.05, 3.63) is 83.9 Å². The monoisotopic (exact) mass is 322 g/mol. The molecule has 0 heterocycles. The lowest BCUT2D eigenvalue weighted by molar-refractivity contribution is 1.52. The zero-order valence-corrected chi connectivity index (χ0v) is 14.9. The maximum absolute atomic E-state index is 2.28. The van der Waals surface area contributed by atoms with Gasteiger partial charge in [0.05, 0.1) is 0 Å². The maximum atomic E-state index is 2.28. The second-order valence-electron chi connectivity index (χ2n) is 5.43. The fraction of sp³-hybridized carbons (Fsp3) is 0.100. The van der Waals surface area contributed by atoms with Gasteiger partial charge in [0.25, 0.3) is 0 Å². The average molecular weight is 322 g/mol. The molecular formula is C20H20P2. The summed E-state index contributed by atoms with van der Waals surface area (Å²) in [6.07, 6.45) is 0. The van der Waals surface area contributed by atoms with E-state index in [1.165, 1.54) is 32.3 Å². The van der Waals surface area contributed by atoms with Crippen LogP contribution < -0.4 is 21.2 Å². The van der Waals surface area contributed by atoms with Crippen molar-refractivity contribution in [1.82, 2.24) is 0 Å². The van der Waals surface area contributed by atoms with Gasteiger partial charge in [0.1, 0.15) is 0 Å². The Morgan fingerprint density at radius 3 is 1.14 bits per heavy atom. The average Bonchev–Trinajstić information content (AvgIpc) is 2.53. The zero-order valence-electron chi connectivity index (χ0n) is 12.9. The minimum Gasteiger partial charge on any atom is -0.0620 e. The van der Waals surface area contributed by atoms with Crippen LogP contribution >= 0.6 is 17.2 Å². The van der Waals surface area contributed by atoms with Crippen LogP contribution in [0.1, 0.15) is 11.1 Å². The van der Waals surface area contributed by atoms with Crippen LogP contribution in [0, 0.1) is 13.8 Å². The van der Waals surface area contributed by atoms with Crippen LogP contribution in [0.4, 0.5) is 0 Å². The molecule has 22 heavy (non-hydrogen) atoms. The molecule has 3 aromatic rings. The number of hydrogen-bond acceptors (Lipinski definition) is 0. The predicted molar refractivity (Wildman–Crippen MR) is 104 cm³/mol. The summed E-state index contributed by atoms with van der Waals surface area (Å²) in [7, 11) is 1.46. The molecule has 2 unspecified atom stereocenters. The molecule has 0 radical (unpaired) electrons. The van der Waals surface area contributed by atoms with E-state index in [1.807, 2.05) is 0 Å². The summed E-state index contributed by atoms with van der Waals surface area (Å²) in [6.45, 7) is 4.41. The first-order valence-corrected chi connectivity index (χ1v) is 9.48. The van der Waals surface area contributed by atoms with Gasteiger partial charge in [-0.25, -0.2) is 0 Å². The van der Waals surface area contributed by atoms with Gasteiger partial charge < -0.3 is 0 Å². The van der Waals surface area contributed by atoms with E-state index in [-0.39, 0.29) is 0 Å². The number of benzene rings is 3. The SMILES string of the molecule is Cc1ccccc1Pc1ccccc1Pc1ccccc1C. The van der Waals surface area contributed by atoms with E-state index >= 15 is 0 Å². The highest BCUT2D eigenvalue weighted by atomic mass is 31.1. The third kappa shape index (κ3) is 3.64. The van der Waals surface area contributed by atoms with Crippen LogP contribution in [0.15, 0.2) is 72.8 Å². The van der Waals surface area contributed by atoms with Gasteiger partial charge in [-0.2, -0.15) is 0 Å². The molecule has 2 atom stereocenters. The van der Waals surface area contributed by atoms with Crippen LogP contribution in [-0.2, 0) is 0 Å².